The Morgan fingerprint density at radius 2 is 1.95 bits per heavy atom. The Morgan fingerprint density at radius 3 is 2.59 bits per heavy atom. The fourth-order valence-corrected chi connectivity index (χ4v) is 2.41. The average molecular weight is 295 g/mol. The van der Waals surface area contributed by atoms with E-state index in [-0.39, 0.29) is 0 Å². The van der Waals surface area contributed by atoms with Gasteiger partial charge in [-0.1, -0.05) is 38.1 Å². The Hall–Kier alpha value is -2.66. The van der Waals surface area contributed by atoms with Crippen molar-refractivity contribution in [3.63, 3.8) is 0 Å². The van der Waals surface area contributed by atoms with Gasteiger partial charge < -0.3 is 4.98 Å². The molecule has 2 aromatic heterocycles. The minimum absolute atomic E-state index is 0.315. The van der Waals surface area contributed by atoms with E-state index in [4.69, 9.17) is 5.21 Å². The third-order valence-corrected chi connectivity index (χ3v) is 3.72. The van der Waals surface area contributed by atoms with Crippen molar-refractivity contribution in [2.75, 3.05) is 0 Å². The SMILES string of the molecule is CC(C)c1ccc(-c2cc3cc(C(=O)NO)cnc3[nH]2)cc1. The fourth-order valence-electron chi connectivity index (χ4n) is 2.41. The molecule has 0 saturated heterocycles. The van der Waals surface area contributed by atoms with Crippen LogP contribution in [0.15, 0.2) is 42.6 Å². The van der Waals surface area contributed by atoms with E-state index in [0.717, 1.165) is 16.6 Å². The first-order valence-corrected chi connectivity index (χ1v) is 7.12. The monoisotopic (exact) mass is 295 g/mol. The number of benzene rings is 1. The van der Waals surface area contributed by atoms with Crippen molar-refractivity contribution >= 4 is 16.9 Å². The zero-order valence-corrected chi connectivity index (χ0v) is 12.4. The lowest BCUT2D eigenvalue weighted by molar-refractivity contribution is 0.0706. The lowest BCUT2D eigenvalue weighted by Gasteiger charge is -2.05. The zero-order chi connectivity index (χ0) is 15.7. The first-order chi connectivity index (χ1) is 10.6. The third-order valence-electron chi connectivity index (χ3n) is 3.72. The van der Waals surface area contributed by atoms with E-state index in [9.17, 15) is 4.79 Å². The molecule has 112 valence electrons. The molecular weight excluding hydrogens is 278 g/mol. The highest BCUT2D eigenvalue weighted by molar-refractivity contribution is 5.97. The Morgan fingerprint density at radius 1 is 1.23 bits per heavy atom. The van der Waals surface area contributed by atoms with Gasteiger partial charge in [-0.25, -0.2) is 10.5 Å². The number of nitrogens with zero attached hydrogens (tertiary/aromatic N) is 1. The molecule has 1 amide bonds. The molecule has 1 aromatic carbocycles. The second-order valence-electron chi connectivity index (χ2n) is 5.56. The van der Waals surface area contributed by atoms with Gasteiger partial charge in [-0.05, 0) is 29.2 Å². The maximum atomic E-state index is 11.4. The van der Waals surface area contributed by atoms with Gasteiger partial charge in [0.1, 0.15) is 5.65 Å². The van der Waals surface area contributed by atoms with Gasteiger partial charge in [-0.3, -0.25) is 10.0 Å². The Balaban J connectivity index is 1.99. The Labute approximate surface area is 128 Å². The number of rotatable bonds is 3. The highest BCUT2D eigenvalue weighted by atomic mass is 16.5. The lowest BCUT2D eigenvalue weighted by Crippen LogP contribution is -2.18. The van der Waals surface area contributed by atoms with Crippen molar-refractivity contribution in [1.29, 1.82) is 0 Å². The van der Waals surface area contributed by atoms with Gasteiger partial charge in [0.25, 0.3) is 5.91 Å². The van der Waals surface area contributed by atoms with E-state index >= 15 is 0 Å². The van der Waals surface area contributed by atoms with Crippen molar-refractivity contribution in [2.24, 2.45) is 0 Å². The lowest BCUT2D eigenvalue weighted by atomic mass is 10.0. The third kappa shape index (κ3) is 2.58. The van der Waals surface area contributed by atoms with Crippen LogP contribution in [0.1, 0.15) is 35.7 Å². The molecular formula is C17H17N3O2. The summed E-state index contributed by atoms with van der Waals surface area (Å²) in [6.07, 6.45) is 1.43. The number of nitrogens with one attached hydrogen (secondary N) is 2. The summed E-state index contributed by atoms with van der Waals surface area (Å²) in [6, 6.07) is 12.0. The molecule has 0 spiro atoms. The van der Waals surface area contributed by atoms with E-state index in [1.807, 2.05) is 6.07 Å². The molecule has 2 heterocycles. The van der Waals surface area contributed by atoms with Crippen molar-refractivity contribution < 1.29 is 10.0 Å². The normalized spacial score (nSPS) is 11.1. The van der Waals surface area contributed by atoms with Crippen LogP contribution in [0.3, 0.4) is 0 Å². The first-order valence-electron chi connectivity index (χ1n) is 7.12. The maximum absolute atomic E-state index is 11.4. The summed E-state index contributed by atoms with van der Waals surface area (Å²) in [7, 11) is 0. The smallest absolute Gasteiger partial charge is 0.276 e. The largest absolute Gasteiger partial charge is 0.339 e. The van der Waals surface area contributed by atoms with E-state index in [0.29, 0.717) is 17.1 Å². The fraction of sp³-hybridized carbons (Fsp3) is 0.176. The summed E-state index contributed by atoms with van der Waals surface area (Å²) < 4.78 is 0. The number of hydrogen-bond donors (Lipinski definition) is 3. The second-order valence-corrected chi connectivity index (χ2v) is 5.56. The molecule has 0 bridgehead atoms. The molecule has 22 heavy (non-hydrogen) atoms. The van der Waals surface area contributed by atoms with Crippen LogP contribution < -0.4 is 5.48 Å². The molecule has 0 aliphatic carbocycles. The van der Waals surface area contributed by atoms with Gasteiger partial charge in [0, 0.05) is 17.3 Å². The van der Waals surface area contributed by atoms with Crippen LogP contribution in [0, 0.1) is 0 Å². The van der Waals surface area contributed by atoms with Crippen LogP contribution in [-0.2, 0) is 0 Å². The number of aromatic nitrogens is 2. The molecule has 3 N–H and O–H groups in total. The molecule has 5 nitrogen and oxygen atoms in total. The highest BCUT2D eigenvalue weighted by Gasteiger charge is 2.09. The number of hydroxylamine groups is 1. The quantitative estimate of drug-likeness (QED) is 0.511. The van der Waals surface area contributed by atoms with Gasteiger partial charge in [-0.15, -0.1) is 0 Å². The first kappa shape index (κ1) is 14.3. The molecule has 0 aliphatic heterocycles. The van der Waals surface area contributed by atoms with Crippen LogP contribution in [0.25, 0.3) is 22.3 Å². The zero-order valence-electron chi connectivity index (χ0n) is 12.4. The van der Waals surface area contributed by atoms with E-state index in [1.54, 1.807) is 11.5 Å². The number of pyridine rings is 1. The number of amides is 1. The summed E-state index contributed by atoms with van der Waals surface area (Å²) in [6.45, 7) is 4.32. The second kappa shape index (κ2) is 5.61. The predicted molar refractivity (Wildman–Crippen MR) is 84.9 cm³/mol. The number of hydrogen-bond acceptors (Lipinski definition) is 3. The molecule has 0 fully saturated rings. The van der Waals surface area contributed by atoms with Crippen molar-refractivity contribution in [3.8, 4) is 11.3 Å². The minimum Gasteiger partial charge on any atom is -0.339 e. The topological polar surface area (TPSA) is 78.0 Å². The number of carbonyl (C=O) groups excluding carboxylic acids is 1. The van der Waals surface area contributed by atoms with Crippen molar-refractivity contribution in [2.45, 2.75) is 19.8 Å². The Bertz CT molecular complexity index is 820. The van der Waals surface area contributed by atoms with Crippen LogP contribution in [0.5, 0.6) is 0 Å². The van der Waals surface area contributed by atoms with Gasteiger partial charge in [0.2, 0.25) is 0 Å². The molecule has 3 aromatic rings. The molecule has 0 unspecified atom stereocenters. The molecule has 5 heteroatoms. The summed E-state index contributed by atoms with van der Waals surface area (Å²) in [4.78, 5) is 18.9. The number of aromatic amines is 1. The van der Waals surface area contributed by atoms with E-state index in [2.05, 4.69) is 48.1 Å². The number of fused-ring (bicyclic) bond motifs is 1. The predicted octanol–water partition coefficient (Wildman–Crippen LogP) is 3.47. The van der Waals surface area contributed by atoms with Crippen molar-refractivity contribution in [1.82, 2.24) is 15.4 Å². The van der Waals surface area contributed by atoms with Crippen LogP contribution >= 0.6 is 0 Å². The van der Waals surface area contributed by atoms with Crippen LogP contribution in [0.4, 0.5) is 0 Å². The summed E-state index contributed by atoms with van der Waals surface area (Å²) in [5.41, 5.74) is 5.93. The Kier molecular flexibility index (Phi) is 3.65. The molecule has 0 atom stereocenters. The van der Waals surface area contributed by atoms with Gasteiger partial charge in [0.05, 0.1) is 5.56 Å². The molecule has 0 radical (unpaired) electrons. The van der Waals surface area contributed by atoms with E-state index in [1.165, 1.54) is 11.8 Å². The summed E-state index contributed by atoms with van der Waals surface area (Å²) in [5.74, 6) is -0.0728. The number of carbonyl (C=O) groups is 1. The van der Waals surface area contributed by atoms with Gasteiger partial charge >= 0.3 is 0 Å². The number of H-pyrrole nitrogens is 1. The summed E-state index contributed by atoms with van der Waals surface area (Å²) in [5, 5.41) is 9.50. The van der Waals surface area contributed by atoms with Crippen LogP contribution in [-0.4, -0.2) is 21.1 Å². The highest BCUT2D eigenvalue weighted by Crippen LogP contribution is 2.25. The maximum Gasteiger partial charge on any atom is 0.276 e. The van der Waals surface area contributed by atoms with Gasteiger partial charge in [0.15, 0.2) is 0 Å². The molecule has 0 aliphatic rings. The van der Waals surface area contributed by atoms with Crippen LogP contribution in [0.2, 0.25) is 0 Å². The van der Waals surface area contributed by atoms with Gasteiger partial charge in [-0.2, -0.15) is 0 Å². The van der Waals surface area contributed by atoms with Crippen molar-refractivity contribution in [3.05, 3.63) is 53.7 Å². The molecule has 3 rings (SSSR count). The average Bonchev–Trinajstić information content (AvgIpc) is 2.97. The minimum atomic E-state index is -0.571. The molecule has 0 saturated carbocycles. The standard InChI is InChI=1S/C17H17N3O2/c1-10(2)11-3-5-12(6-4-11)15-8-13-7-14(17(21)20-22)9-18-16(13)19-15/h3-10,22H,1-2H3,(H,18,19)(H,20,21). The van der Waals surface area contributed by atoms with E-state index < -0.39 is 5.91 Å². The summed E-state index contributed by atoms with van der Waals surface area (Å²) >= 11 is 0.